The van der Waals surface area contributed by atoms with Crippen molar-refractivity contribution >= 4 is 27.5 Å². The Hall–Kier alpha value is -4.57. The third-order valence-electron chi connectivity index (χ3n) is 6.55. The van der Waals surface area contributed by atoms with Crippen molar-refractivity contribution in [2.75, 3.05) is 17.9 Å². The lowest BCUT2D eigenvalue weighted by Crippen LogP contribution is -2.53. The summed E-state index contributed by atoms with van der Waals surface area (Å²) in [7, 11) is -3.01. The fourth-order valence-corrected chi connectivity index (χ4v) is 5.86. The van der Waals surface area contributed by atoms with Crippen LogP contribution in [-0.4, -0.2) is 44.8 Å². The highest BCUT2D eigenvalue weighted by Crippen LogP contribution is 2.27. The fourth-order valence-electron chi connectivity index (χ4n) is 4.42. The zero-order valence-corrected chi connectivity index (χ0v) is 23.1. The Morgan fingerprint density at radius 1 is 0.780 bits per heavy atom. The van der Waals surface area contributed by atoms with Gasteiger partial charge in [-0.1, -0.05) is 78.9 Å². The van der Waals surface area contributed by atoms with Crippen LogP contribution in [-0.2, 0) is 32.6 Å². The molecule has 7 nitrogen and oxygen atoms in total. The van der Waals surface area contributed by atoms with Crippen molar-refractivity contribution in [2.24, 2.45) is 0 Å². The monoisotopic (exact) mass is 577 g/mol. The smallest absolute Gasteiger partial charge is 0.264 e. The lowest BCUT2D eigenvalue weighted by Gasteiger charge is -2.33. The van der Waals surface area contributed by atoms with Crippen LogP contribution in [0.15, 0.2) is 114 Å². The first-order chi connectivity index (χ1) is 19.7. The Kier molecular flexibility index (Phi) is 9.46. The number of halogens is 2. The van der Waals surface area contributed by atoms with Crippen LogP contribution in [0.5, 0.6) is 0 Å². The van der Waals surface area contributed by atoms with Gasteiger partial charge in [0, 0.05) is 25.6 Å². The molecule has 41 heavy (non-hydrogen) atoms. The Labute approximate surface area is 238 Å². The molecule has 1 atom stereocenters. The van der Waals surface area contributed by atoms with Gasteiger partial charge in [0.15, 0.2) is 0 Å². The van der Waals surface area contributed by atoms with Crippen molar-refractivity contribution in [3.05, 3.63) is 132 Å². The Morgan fingerprint density at radius 2 is 1.34 bits per heavy atom. The molecule has 0 fully saturated rings. The molecule has 0 aliphatic carbocycles. The standard InChI is InChI=1S/C31H29F2N3O4S/c1-34-31(38)29(20-23-12-4-2-5-13-23)35(21-24-14-8-9-17-26(24)32)30(37)22-36(28-19-11-10-18-27(28)33)41(39,40)25-15-6-3-7-16-25/h2-19,29H,20-22H2,1H3,(H,34,38)/t29-/m1/s1. The molecule has 0 bridgehead atoms. The summed E-state index contributed by atoms with van der Waals surface area (Å²) in [5, 5.41) is 2.55. The quantitative estimate of drug-likeness (QED) is 0.284. The van der Waals surface area contributed by atoms with Crippen LogP contribution in [0.25, 0.3) is 0 Å². The van der Waals surface area contributed by atoms with Crippen LogP contribution < -0.4 is 9.62 Å². The number of rotatable bonds is 11. The number of hydrogen-bond donors (Lipinski definition) is 1. The van der Waals surface area contributed by atoms with E-state index in [2.05, 4.69) is 5.32 Å². The molecule has 0 heterocycles. The molecule has 0 saturated heterocycles. The van der Waals surface area contributed by atoms with Gasteiger partial charge in [-0.25, -0.2) is 17.2 Å². The van der Waals surface area contributed by atoms with Crippen molar-refractivity contribution in [3.8, 4) is 0 Å². The summed E-state index contributed by atoms with van der Waals surface area (Å²) < 4.78 is 58.0. The minimum atomic E-state index is -4.43. The largest absolute Gasteiger partial charge is 0.357 e. The number of anilines is 1. The van der Waals surface area contributed by atoms with E-state index in [1.165, 1.54) is 67.7 Å². The maximum absolute atomic E-state index is 15.0. The summed E-state index contributed by atoms with van der Waals surface area (Å²) in [6.07, 6.45) is 0.0752. The minimum Gasteiger partial charge on any atom is -0.357 e. The molecule has 0 saturated carbocycles. The van der Waals surface area contributed by atoms with Gasteiger partial charge in [0.1, 0.15) is 24.2 Å². The molecular formula is C31H29F2N3O4S. The number of hydrogen-bond acceptors (Lipinski definition) is 4. The highest BCUT2D eigenvalue weighted by atomic mass is 32.2. The third kappa shape index (κ3) is 6.96. The van der Waals surface area contributed by atoms with Crippen molar-refractivity contribution < 1.29 is 26.8 Å². The topological polar surface area (TPSA) is 86.8 Å². The molecule has 0 aliphatic rings. The lowest BCUT2D eigenvalue weighted by atomic mass is 10.0. The van der Waals surface area contributed by atoms with Gasteiger partial charge in [0.25, 0.3) is 10.0 Å². The van der Waals surface area contributed by atoms with Crippen LogP contribution in [0.3, 0.4) is 0 Å². The molecule has 212 valence electrons. The van der Waals surface area contributed by atoms with E-state index in [0.29, 0.717) is 4.31 Å². The van der Waals surface area contributed by atoms with Crippen LogP contribution in [0.4, 0.5) is 14.5 Å². The molecule has 4 aromatic rings. The van der Waals surface area contributed by atoms with E-state index >= 15 is 4.39 Å². The van der Waals surface area contributed by atoms with Gasteiger partial charge in [-0.3, -0.25) is 13.9 Å². The highest BCUT2D eigenvalue weighted by molar-refractivity contribution is 7.92. The average molecular weight is 578 g/mol. The lowest BCUT2D eigenvalue weighted by molar-refractivity contribution is -0.139. The van der Waals surface area contributed by atoms with Crippen LogP contribution in [0.2, 0.25) is 0 Å². The van der Waals surface area contributed by atoms with E-state index < -0.39 is 46.1 Å². The number of carbonyl (C=O) groups excluding carboxylic acids is 2. The van der Waals surface area contributed by atoms with Gasteiger partial charge in [0.05, 0.1) is 10.6 Å². The molecule has 4 rings (SSSR count). The van der Waals surface area contributed by atoms with Crippen LogP contribution >= 0.6 is 0 Å². The molecule has 1 N–H and O–H groups in total. The van der Waals surface area contributed by atoms with Crippen molar-refractivity contribution in [1.82, 2.24) is 10.2 Å². The first kappa shape index (κ1) is 29.4. The second-order valence-electron chi connectivity index (χ2n) is 9.21. The molecule has 0 aromatic heterocycles. The molecule has 2 amide bonds. The zero-order chi connectivity index (χ0) is 29.4. The predicted octanol–water partition coefficient (Wildman–Crippen LogP) is 4.55. The van der Waals surface area contributed by atoms with Crippen molar-refractivity contribution in [1.29, 1.82) is 0 Å². The first-order valence-corrected chi connectivity index (χ1v) is 14.3. The van der Waals surface area contributed by atoms with Gasteiger partial charge >= 0.3 is 0 Å². The first-order valence-electron chi connectivity index (χ1n) is 12.8. The number of nitrogens with zero attached hydrogens (tertiary/aromatic N) is 2. The van der Waals surface area contributed by atoms with E-state index in [0.717, 1.165) is 16.5 Å². The molecule has 10 heteroatoms. The average Bonchev–Trinajstić information content (AvgIpc) is 2.99. The van der Waals surface area contributed by atoms with Gasteiger partial charge in [-0.15, -0.1) is 0 Å². The minimum absolute atomic E-state index is 0.0752. The van der Waals surface area contributed by atoms with Crippen LogP contribution in [0, 0.1) is 11.6 Å². The Morgan fingerprint density at radius 3 is 1.95 bits per heavy atom. The SMILES string of the molecule is CNC(=O)[C@@H](Cc1ccccc1)N(Cc1ccccc1F)C(=O)CN(c1ccccc1F)S(=O)(=O)c1ccccc1. The maximum atomic E-state index is 15.0. The van der Waals surface area contributed by atoms with E-state index in [1.807, 2.05) is 0 Å². The van der Waals surface area contributed by atoms with E-state index in [4.69, 9.17) is 0 Å². The van der Waals surface area contributed by atoms with Crippen LogP contribution in [0.1, 0.15) is 11.1 Å². The number of para-hydroxylation sites is 1. The molecule has 0 aliphatic heterocycles. The molecule has 0 radical (unpaired) electrons. The van der Waals surface area contributed by atoms with Crippen molar-refractivity contribution in [2.45, 2.75) is 23.9 Å². The highest BCUT2D eigenvalue weighted by Gasteiger charge is 2.35. The number of sulfonamides is 1. The third-order valence-corrected chi connectivity index (χ3v) is 8.32. The summed E-state index contributed by atoms with van der Waals surface area (Å²) in [4.78, 5) is 28.2. The summed E-state index contributed by atoms with van der Waals surface area (Å²) in [5.41, 5.74) is 0.525. The van der Waals surface area contributed by atoms with Gasteiger partial charge in [-0.2, -0.15) is 0 Å². The van der Waals surface area contributed by atoms with E-state index in [-0.39, 0.29) is 29.1 Å². The van der Waals surface area contributed by atoms with Crippen molar-refractivity contribution in [3.63, 3.8) is 0 Å². The number of nitrogens with one attached hydrogen (secondary N) is 1. The Balaban J connectivity index is 1.80. The molecule has 0 unspecified atom stereocenters. The fraction of sp³-hybridized carbons (Fsp3) is 0.161. The molecule has 4 aromatic carbocycles. The maximum Gasteiger partial charge on any atom is 0.264 e. The summed E-state index contributed by atoms with van der Waals surface area (Å²) in [5.74, 6) is -2.79. The summed E-state index contributed by atoms with van der Waals surface area (Å²) in [6, 6.07) is 26.2. The van der Waals surface area contributed by atoms with E-state index in [1.54, 1.807) is 42.5 Å². The van der Waals surface area contributed by atoms with Gasteiger partial charge in [0.2, 0.25) is 11.8 Å². The zero-order valence-electron chi connectivity index (χ0n) is 22.3. The Bertz CT molecular complexity index is 1600. The molecule has 0 spiro atoms. The van der Waals surface area contributed by atoms with Gasteiger partial charge < -0.3 is 10.2 Å². The number of likely N-dealkylation sites (N-methyl/N-ethyl adjacent to an activating group) is 1. The van der Waals surface area contributed by atoms with Gasteiger partial charge in [-0.05, 0) is 35.9 Å². The van der Waals surface area contributed by atoms with E-state index in [9.17, 15) is 22.4 Å². The number of amides is 2. The molecular weight excluding hydrogens is 548 g/mol. The second kappa shape index (κ2) is 13.2. The number of benzene rings is 4. The summed E-state index contributed by atoms with van der Waals surface area (Å²) >= 11 is 0. The predicted molar refractivity (Wildman–Crippen MR) is 152 cm³/mol. The second-order valence-corrected chi connectivity index (χ2v) is 11.1. The summed E-state index contributed by atoms with van der Waals surface area (Å²) in [6.45, 7) is -1.16. The number of carbonyl (C=O) groups is 2. The normalized spacial score (nSPS) is 11.9.